The second kappa shape index (κ2) is 3.12. The van der Waals surface area contributed by atoms with Gasteiger partial charge in [0.2, 0.25) is 5.91 Å². The topological polar surface area (TPSA) is 29.5 Å². The van der Waals surface area contributed by atoms with Crippen molar-refractivity contribution in [2.45, 2.75) is 38.7 Å². The van der Waals surface area contributed by atoms with Crippen molar-refractivity contribution in [1.82, 2.24) is 4.90 Å². The lowest BCUT2D eigenvalue weighted by atomic mass is 10.3. The Morgan fingerprint density at radius 2 is 2.21 bits per heavy atom. The zero-order valence-corrected chi connectivity index (χ0v) is 10.0. The molecule has 0 spiro atoms. The van der Waals surface area contributed by atoms with Gasteiger partial charge in [0.25, 0.3) is 0 Å². The molecule has 0 radical (unpaired) electrons. The normalized spacial score (nSPS) is 27.1. The van der Waals surface area contributed by atoms with Gasteiger partial charge in [0.1, 0.15) is 8.07 Å². The number of ether oxygens (including phenoxy) is 1. The highest BCUT2D eigenvalue weighted by atomic mass is 28.3. The molecule has 1 fully saturated rings. The summed E-state index contributed by atoms with van der Waals surface area (Å²) in [5.74, 6) is 0.237. The van der Waals surface area contributed by atoms with Crippen LogP contribution in [-0.4, -0.2) is 31.7 Å². The molecule has 0 bridgehead atoms. The van der Waals surface area contributed by atoms with Crippen LogP contribution in [0, 0.1) is 0 Å². The van der Waals surface area contributed by atoms with Gasteiger partial charge in [-0.05, 0) is 6.08 Å². The minimum absolute atomic E-state index is 0.0363. The third kappa shape index (κ3) is 1.58. The second-order valence-electron chi connectivity index (χ2n) is 4.98. The average Bonchev–Trinajstić information content (AvgIpc) is 2.46. The number of carbonyl (C=O) groups is 1. The van der Waals surface area contributed by atoms with Crippen LogP contribution in [0.3, 0.4) is 0 Å². The van der Waals surface area contributed by atoms with E-state index in [1.807, 2.05) is 4.90 Å². The molecule has 14 heavy (non-hydrogen) atoms. The van der Waals surface area contributed by atoms with Crippen LogP contribution in [0.25, 0.3) is 0 Å². The summed E-state index contributed by atoms with van der Waals surface area (Å²) < 4.78 is 5.87. The van der Waals surface area contributed by atoms with Crippen molar-refractivity contribution in [2.75, 3.05) is 6.54 Å². The quantitative estimate of drug-likeness (QED) is 0.618. The van der Waals surface area contributed by atoms with Gasteiger partial charge in [-0.25, -0.2) is 0 Å². The van der Waals surface area contributed by atoms with Crippen molar-refractivity contribution in [2.24, 2.45) is 0 Å². The minimum Gasteiger partial charge on any atom is -0.480 e. The number of nitrogens with zero attached hydrogens (tertiary/aromatic N) is 1. The molecule has 0 aromatic heterocycles. The first kappa shape index (κ1) is 9.77. The number of hydrogen-bond donors (Lipinski definition) is 0. The fraction of sp³-hybridized carbons (Fsp3) is 0.700. The van der Waals surface area contributed by atoms with Gasteiger partial charge in [0.05, 0.1) is 5.38 Å². The van der Waals surface area contributed by atoms with Crippen LogP contribution in [0.1, 0.15) is 12.8 Å². The van der Waals surface area contributed by atoms with Crippen molar-refractivity contribution in [3.05, 3.63) is 11.5 Å². The monoisotopic (exact) mass is 211 g/mol. The summed E-state index contributed by atoms with van der Waals surface area (Å²) in [6.07, 6.45) is 3.64. The lowest BCUT2D eigenvalue weighted by Crippen LogP contribution is -2.42. The fourth-order valence-corrected chi connectivity index (χ4v) is 3.10. The molecule has 3 nitrogen and oxygen atoms in total. The van der Waals surface area contributed by atoms with E-state index in [1.165, 1.54) is 0 Å². The van der Waals surface area contributed by atoms with Gasteiger partial charge in [0.15, 0.2) is 6.23 Å². The van der Waals surface area contributed by atoms with E-state index in [0.717, 1.165) is 18.3 Å². The maximum atomic E-state index is 11.4. The first-order valence-corrected chi connectivity index (χ1v) is 8.65. The highest BCUT2D eigenvalue weighted by Crippen LogP contribution is 2.29. The van der Waals surface area contributed by atoms with Gasteiger partial charge >= 0.3 is 0 Å². The summed E-state index contributed by atoms with van der Waals surface area (Å²) >= 11 is 0. The van der Waals surface area contributed by atoms with E-state index in [9.17, 15) is 4.79 Å². The Hall–Kier alpha value is -0.773. The summed E-state index contributed by atoms with van der Waals surface area (Å²) in [6.45, 7) is 7.56. The van der Waals surface area contributed by atoms with Gasteiger partial charge in [0, 0.05) is 19.4 Å². The van der Waals surface area contributed by atoms with Crippen LogP contribution in [0.4, 0.5) is 0 Å². The van der Waals surface area contributed by atoms with E-state index >= 15 is 0 Å². The van der Waals surface area contributed by atoms with Crippen molar-refractivity contribution < 1.29 is 9.53 Å². The lowest BCUT2D eigenvalue weighted by molar-refractivity contribution is -0.134. The summed E-state index contributed by atoms with van der Waals surface area (Å²) in [6, 6.07) is 0. The molecular formula is C10H17NO2Si. The van der Waals surface area contributed by atoms with Crippen molar-refractivity contribution >= 4 is 14.0 Å². The Labute approximate surface area is 85.7 Å². The van der Waals surface area contributed by atoms with Gasteiger partial charge in [-0.1, -0.05) is 19.6 Å². The van der Waals surface area contributed by atoms with Gasteiger partial charge in [-0.2, -0.15) is 0 Å². The van der Waals surface area contributed by atoms with Crippen molar-refractivity contribution in [3.63, 3.8) is 0 Å². The number of fused-ring (bicyclic) bond motifs is 1. The maximum absolute atomic E-state index is 11.4. The number of amides is 1. The Kier molecular flexibility index (Phi) is 2.18. The molecule has 1 amide bonds. The largest absolute Gasteiger partial charge is 0.480 e. The summed E-state index contributed by atoms with van der Waals surface area (Å²) in [7, 11) is -1.34. The number of hydrogen-bond acceptors (Lipinski definition) is 2. The molecule has 1 saturated heterocycles. The fourth-order valence-electron chi connectivity index (χ4n) is 1.91. The molecule has 0 saturated carbocycles. The van der Waals surface area contributed by atoms with Crippen LogP contribution >= 0.6 is 0 Å². The molecule has 1 unspecified atom stereocenters. The standard InChI is InChI=1S/C10H17NO2Si/c1-14(2,3)10-6-7-11-8(12)4-5-9(11)13-10/h6,9H,4-5,7H2,1-3H3. The molecule has 0 aliphatic carbocycles. The smallest absolute Gasteiger partial charge is 0.225 e. The van der Waals surface area contributed by atoms with Crippen molar-refractivity contribution in [3.8, 4) is 0 Å². The molecule has 0 aromatic rings. The molecule has 0 N–H and O–H groups in total. The third-order valence-electron chi connectivity index (χ3n) is 2.75. The van der Waals surface area contributed by atoms with Crippen LogP contribution in [0.5, 0.6) is 0 Å². The van der Waals surface area contributed by atoms with Gasteiger partial charge in [-0.15, -0.1) is 0 Å². The summed E-state index contributed by atoms with van der Waals surface area (Å²) in [5.41, 5.74) is 0. The van der Waals surface area contributed by atoms with Crippen molar-refractivity contribution in [1.29, 1.82) is 0 Å². The zero-order chi connectivity index (χ0) is 10.3. The molecule has 0 aromatic carbocycles. The molecule has 2 aliphatic heterocycles. The summed E-state index contributed by atoms with van der Waals surface area (Å²) in [5, 5.41) is 1.16. The number of carbonyl (C=O) groups excluding carboxylic acids is 1. The maximum Gasteiger partial charge on any atom is 0.225 e. The molecule has 2 aliphatic rings. The highest BCUT2D eigenvalue weighted by Gasteiger charge is 2.37. The molecule has 2 heterocycles. The predicted molar refractivity (Wildman–Crippen MR) is 57.2 cm³/mol. The lowest BCUT2D eigenvalue weighted by Gasteiger charge is -2.34. The van der Waals surface area contributed by atoms with Gasteiger partial charge < -0.3 is 9.64 Å². The third-order valence-corrected chi connectivity index (χ3v) is 4.55. The van der Waals surface area contributed by atoms with Gasteiger partial charge in [-0.3, -0.25) is 4.79 Å². The first-order valence-electron chi connectivity index (χ1n) is 5.15. The molecule has 2 rings (SSSR count). The van der Waals surface area contributed by atoms with Crippen LogP contribution in [0.2, 0.25) is 19.6 Å². The summed E-state index contributed by atoms with van der Waals surface area (Å²) in [4.78, 5) is 13.2. The molecule has 78 valence electrons. The first-order chi connectivity index (χ1) is 6.48. The SMILES string of the molecule is C[Si](C)(C)C1=CCN2C(=O)CCC2O1. The van der Waals surface area contributed by atoms with Crippen LogP contribution in [-0.2, 0) is 9.53 Å². The molecular weight excluding hydrogens is 194 g/mol. The Morgan fingerprint density at radius 3 is 2.86 bits per heavy atom. The minimum atomic E-state index is -1.34. The van der Waals surface area contributed by atoms with E-state index in [1.54, 1.807) is 0 Å². The van der Waals surface area contributed by atoms with E-state index in [0.29, 0.717) is 6.42 Å². The number of rotatable bonds is 1. The van der Waals surface area contributed by atoms with Crippen LogP contribution in [0.15, 0.2) is 11.5 Å². The Balaban J connectivity index is 2.15. The van der Waals surface area contributed by atoms with E-state index in [-0.39, 0.29) is 12.1 Å². The molecule has 4 heteroatoms. The van der Waals surface area contributed by atoms with E-state index in [2.05, 4.69) is 25.7 Å². The molecule has 1 atom stereocenters. The zero-order valence-electron chi connectivity index (χ0n) is 9.04. The Bertz CT molecular complexity index is 293. The predicted octanol–water partition coefficient (Wildman–Crippen LogP) is 1.73. The Morgan fingerprint density at radius 1 is 1.50 bits per heavy atom. The van der Waals surface area contributed by atoms with Crippen LogP contribution < -0.4 is 0 Å². The highest BCUT2D eigenvalue weighted by molar-refractivity contribution is 6.82. The van der Waals surface area contributed by atoms with E-state index < -0.39 is 8.07 Å². The van der Waals surface area contributed by atoms with E-state index in [4.69, 9.17) is 4.74 Å². The average molecular weight is 211 g/mol. The second-order valence-corrected chi connectivity index (χ2v) is 9.97.